The van der Waals surface area contributed by atoms with Crippen molar-refractivity contribution < 1.29 is 14.6 Å². The fourth-order valence-electron chi connectivity index (χ4n) is 3.49. The molecular weight excluding hydrogens is 256 g/mol. The molecule has 4 unspecified atom stereocenters. The monoisotopic (exact) mass is 284 g/mol. The molecule has 5 nitrogen and oxygen atoms in total. The van der Waals surface area contributed by atoms with Gasteiger partial charge in [-0.15, -0.1) is 0 Å². The minimum atomic E-state index is -0.374. The molecule has 2 rings (SSSR count). The highest BCUT2D eigenvalue weighted by Gasteiger charge is 2.39. The molecule has 20 heavy (non-hydrogen) atoms. The van der Waals surface area contributed by atoms with Gasteiger partial charge in [0.15, 0.2) is 0 Å². The van der Waals surface area contributed by atoms with Crippen LogP contribution in [0.5, 0.6) is 0 Å². The van der Waals surface area contributed by atoms with Crippen molar-refractivity contribution in [3.05, 3.63) is 0 Å². The number of aliphatic hydroxyl groups is 1. The molecule has 1 saturated heterocycles. The Bertz CT molecular complexity index is 331. The van der Waals surface area contributed by atoms with Gasteiger partial charge in [-0.25, -0.2) is 4.79 Å². The van der Waals surface area contributed by atoms with Crippen molar-refractivity contribution in [1.82, 2.24) is 10.2 Å². The van der Waals surface area contributed by atoms with E-state index in [1.54, 1.807) is 0 Å². The molecule has 2 aliphatic rings. The fourth-order valence-corrected chi connectivity index (χ4v) is 3.49. The molecule has 4 atom stereocenters. The molecule has 0 bridgehead atoms. The van der Waals surface area contributed by atoms with Crippen LogP contribution in [0.3, 0.4) is 0 Å². The van der Waals surface area contributed by atoms with Crippen LogP contribution in [-0.2, 0) is 4.74 Å². The first-order valence-corrected chi connectivity index (χ1v) is 7.81. The van der Waals surface area contributed by atoms with Crippen molar-refractivity contribution in [3.63, 3.8) is 0 Å². The van der Waals surface area contributed by atoms with E-state index in [4.69, 9.17) is 4.74 Å². The minimum Gasteiger partial charge on any atom is -0.453 e. The number of ether oxygens (including phenoxy) is 1. The average Bonchev–Trinajstić information content (AvgIpc) is 3.23. The number of aliphatic hydroxyl groups excluding tert-OH is 1. The average molecular weight is 284 g/mol. The number of nitrogens with zero attached hydrogens (tertiary/aromatic N) is 1. The predicted octanol–water partition coefficient (Wildman–Crippen LogP) is 1.60. The maximum absolute atomic E-state index is 11.4. The van der Waals surface area contributed by atoms with Crippen molar-refractivity contribution in [1.29, 1.82) is 0 Å². The summed E-state index contributed by atoms with van der Waals surface area (Å²) in [7, 11) is 1.39. The Hall–Kier alpha value is -0.810. The van der Waals surface area contributed by atoms with E-state index >= 15 is 0 Å². The van der Waals surface area contributed by atoms with Crippen LogP contribution in [0.4, 0.5) is 4.79 Å². The molecule has 1 aliphatic carbocycles. The molecule has 1 aliphatic heterocycles. The summed E-state index contributed by atoms with van der Waals surface area (Å²) in [4.78, 5) is 13.9. The van der Waals surface area contributed by atoms with E-state index in [2.05, 4.69) is 17.1 Å². The topological polar surface area (TPSA) is 61.8 Å². The lowest BCUT2D eigenvalue weighted by Gasteiger charge is -2.43. The lowest BCUT2D eigenvalue weighted by Crippen LogP contribution is -2.55. The smallest absolute Gasteiger partial charge is 0.407 e. The summed E-state index contributed by atoms with van der Waals surface area (Å²) in [5, 5.41) is 12.8. The van der Waals surface area contributed by atoms with Gasteiger partial charge in [0.25, 0.3) is 0 Å². The number of carbonyl (C=O) groups excluding carboxylic acids is 1. The molecular formula is C15H28N2O3. The number of alkyl carbamates (subject to hydrolysis) is 1. The third kappa shape index (κ3) is 3.85. The normalized spacial score (nSPS) is 30.6. The standard InChI is InChI=1S/C15H28N2O3/c1-4-14(11-5-6-11)17-8-12(10(2)18)7-13(9-17)16-15(19)20-3/h10-14,18H,4-9H2,1-3H3,(H,16,19). The van der Waals surface area contributed by atoms with Gasteiger partial charge in [0.05, 0.1) is 13.2 Å². The van der Waals surface area contributed by atoms with Gasteiger partial charge in [-0.3, -0.25) is 4.90 Å². The van der Waals surface area contributed by atoms with Crippen LogP contribution in [0.25, 0.3) is 0 Å². The van der Waals surface area contributed by atoms with Crippen LogP contribution in [0.2, 0.25) is 0 Å². The van der Waals surface area contributed by atoms with Crippen molar-refractivity contribution in [2.24, 2.45) is 11.8 Å². The van der Waals surface area contributed by atoms with Crippen LogP contribution in [-0.4, -0.2) is 54.5 Å². The summed E-state index contributed by atoms with van der Waals surface area (Å²) in [5.41, 5.74) is 0. The molecule has 0 aromatic rings. The highest BCUT2D eigenvalue weighted by Crippen LogP contribution is 2.38. The first-order valence-electron chi connectivity index (χ1n) is 7.81. The Morgan fingerprint density at radius 2 is 2.10 bits per heavy atom. The van der Waals surface area contributed by atoms with E-state index in [1.807, 2.05) is 6.92 Å². The largest absolute Gasteiger partial charge is 0.453 e. The van der Waals surface area contributed by atoms with Gasteiger partial charge in [-0.1, -0.05) is 6.92 Å². The number of piperidine rings is 1. The van der Waals surface area contributed by atoms with Gasteiger partial charge in [0.2, 0.25) is 0 Å². The summed E-state index contributed by atoms with van der Waals surface area (Å²) in [6.45, 7) is 5.89. The molecule has 1 heterocycles. The fraction of sp³-hybridized carbons (Fsp3) is 0.933. The molecule has 0 aromatic carbocycles. The van der Waals surface area contributed by atoms with E-state index in [1.165, 1.54) is 20.0 Å². The Kier molecular flexibility index (Phi) is 5.27. The van der Waals surface area contributed by atoms with E-state index in [-0.39, 0.29) is 24.2 Å². The first-order chi connectivity index (χ1) is 9.55. The Balaban J connectivity index is 2.01. The molecule has 2 N–H and O–H groups in total. The summed E-state index contributed by atoms with van der Waals surface area (Å²) in [6.07, 6.45) is 3.90. The predicted molar refractivity (Wildman–Crippen MR) is 77.5 cm³/mol. The third-order valence-corrected chi connectivity index (χ3v) is 4.75. The van der Waals surface area contributed by atoms with Gasteiger partial charge in [0.1, 0.15) is 0 Å². The third-order valence-electron chi connectivity index (χ3n) is 4.75. The van der Waals surface area contributed by atoms with Crippen LogP contribution < -0.4 is 5.32 Å². The molecule has 0 aromatic heterocycles. The highest BCUT2D eigenvalue weighted by molar-refractivity contribution is 5.67. The first kappa shape index (κ1) is 15.6. The number of hydrogen-bond donors (Lipinski definition) is 2. The zero-order chi connectivity index (χ0) is 14.7. The highest BCUT2D eigenvalue weighted by atomic mass is 16.5. The quantitative estimate of drug-likeness (QED) is 0.805. The van der Waals surface area contributed by atoms with Crippen LogP contribution in [0.1, 0.15) is 39.5 Å². The van der Waals surface area contributed by atoms with Crippen LogP contribution >= 0.6 is 0 Å². The van der Waals surface area contributed by atoms with E-state index < -0.39 is 0 Å². The van der Waals surface area contributed by atoms with E-state index in [0.717, 1.165) is 31.8 Å². The lowest BCUT2D eigenvalue weighted by molar-refractivity contribution is 0.0230. The molecule has 1 amide bonds. The van der Waals surface area contributed by atoms with Crippen molar-refractivity contribution >= 4 is 6.09 Å². The maximum Gasteiger partial charge on any atom is 0.407 e. The molecule has 116 valence electrons. The zero-order valence-electron chi connectivity index (χ0n) is 12.8. The summed E-state index contributed by atoms with van der Waals surface area (Å²) in [6, 6.07) is 0.669. The molecule has 2 fully saturated rings. The molecule has 1 saturated carbocycles. The Morgan fingerprint density at radius 3 is 2.60 bits per heavy atom. The van der Waals surface area contributed by atoms with E-state index in [0.29, 0.717) is 6.04 Å². The zero-order valence-corrected chi connectivity index (χ0v) is 12.8. The maximum atomic E-state index is 11.4. The number of hydrogen-bond acceptors (Lipinski definition) is 4. The second-order valence-electron chi connectivity index (χ2n) is 6.34. The Labute approximate surface area is 121 Å². The molecule has 0 radical (unpaired) electrons. The number of nitrogens with one attached hydrogen (secondary N) is 1. The van der Waals surface area contributed by atoms with Gasteiger partial charge >= 0.3 is 6.09 Å². The number of methoxy groups -OCH3 is 1. The van der Waals surface area contributed by atoms with Crippen LogP contribution in [0.15, 0.2) is 0 Å². The number of carbonyl (C=O) groups is 1. The molecule has 0 spiro atoms. The van der Waals surface area contributed by atoms with Crippen molar-refractivity contribution in [3.8, 4) is 0 Å². The second-order valence-corrected chi connectivity index (χ2v) is 6.34. The van der Waals surface area contributed by atoms with Gasteiger partial charge in [-0.05, 0) is 44.4 Å². The van der Waals surface area contributed by atoms with E-state index in [9.17, 15) is 9.90 Å². The SMILES string of the molecule is CCC(C1CC1)N1CC(NC(=O)OC)CC(C(C)O)C1. The number of rotatable bonds is 5. The van der Waals surface area contributed by atoms with Crippen LogP contribution in [0, 0.1) is 11.8 Å². The summed E-state index contributed by atoms with van der Waals surface area (Å²) in [5.74, 6) is 1.03. The lowest BCUT2D eigenvalue weighted by atomic mass is 9.88. The number of likely N-dealkylation sites (tertiary alicyclic amines) is 1. The minimum absolute atomic E-state index is 0.0728. The van der Waals surface area contributed by atoms with Gasteiger partial charge < -0.3 is 15.2 Å². The van der Waals surface area contributed by atoms with Crippen molar-refractivity contribution in [2.75, 3.05) is 20.2 Å². The summed E-state index contributed by atoms with van der Waals surface area (Å²) < 4.78 is 4.70. The number of amides is 1. The van der Waals surface area contributed by atoms with Gasteiger partial charge in [-0.2, -0.15) is 0 Å². The van der Waals surface area contributed by atoms with Gasteiger partial charge in [0, 0.05) is 25.2 Å². The summed E-state index contributed by atoms with van der Waals surface area (Å²) >= 11 is 0. The van der Waals surface area contributed by atoms with Crippen molar-refractivity contribution in [2.45, 2.75) is 57.7 Å². The second kappa shape index (κ2) is 6.76. The Morgan fingerprint density at radius 1 is 1.40 bits per heavy atom. The molecule has 5 heteroatoms.